The number of hydrogen-bond donors (Lipinski definition) is 1. The highest BCUT2D eigenvalue weighted by atomic mass is 35.5. The van der Waals surface area contributed by atoms with E-state index in [1.165, 1.54) is 0 Å². The van der Waals surface area contributed by atoms with Crippen molar-refractivity contribution in [2.24, 2.45) is 5.73 Å². The third kappa shape index (κ3) is 3.63. The first-order valence-electron chi connectivity index (χ1n) is 7.18. The van der Waals surface area contributed by atoms with E-state index in [1.54, 1.807) is 24.3 Å². The molecule has 2 aromatic carbocycles. The van der Waals surface area contributed by atoms with Crippen LogP contribution >= 0.6 is 23.2 Å². The van der Waals surface area contributed by atoms with E-state index in [9.17, 15) is 13.6 Å². The SMILES string of the molecule is NC(=O)c1c(F)ccc(OCc2cc(-c3ccc(Cl)cc3Cl)on2)c1F. The first-order valence-corrected chi connectivity index (χ1v) is 7.94. The van der Waals surface area contributed by atoms with Crippen LogP contribution in [0.4, 0.5) is 8.78 Å². The molecule has 0 aliphatic heterocycles. The van der Waals surface area contributed by atoms with Crippen molar-refractivity contribution in [1.29, 1.82) is 0 Å². The summed E-state index contributed by atoms with van der Waals surface area (Å²) in [4.78, 5) is 11.1. The highest BCUT2D eigenvalue weighted by molar-refractivity contribution is 6.36. The Labute approximate surface area is 156 Å². The second-order valence-electron chi connectivity index (χ2n) is 5.19. The molecule has 0 fully saturated rings. The molecule has 0 spiro atoms. The van der Waals surface area contributed by atoms with Crippen LogP contribution in [0.5, 0.6) is 5.75 Å². The van der Waals surface area contributed by atoms with E-state index < -0.39 is 23.1 Å². The molecule has 9 heteroatoms. The average molecular weight is 399 g/mol. The smallest absolute Gasteiger partial charge is 0.254 e. The first kappa shape index (κ1) is 18.2. The zero-order chi connectivity index (χ0) is 18.8. The van der Waals surface area contributed by atoms with Crippen LogP contribution in [-0.4, -0.2) is 11.1 Å². The molecule has 0 unspecified atom stereocenters. The second-order valence-corrected chi connectivity index (χ2v) is 6.04. The molecular weight excluding hydrogens is 389 g/mol. The third-order valence-corrected chi connectivity index (χ3v) is 3.98. The minimum atomic E-state index is -1.23. The minimum absolute atomic E-state index is 0.185. The Kier molecular flexibility index (Phi) is 5.11. The molecule has 1 aromatic heterocycles. The Morgan fingerprint density at radius 1 is 1.19 bits per heavy atom. The lowest BCUT2D eigenvalue weighted by molar-refractivity contribution is 0.0991. The van der Waals surface area contributed by atoms with Gasteiger partial charge in [0.2, 0.25) is 0 Å². The highest BCUT2D eigenvalue weighted by Crippen LogP contribution is 2.31. The van der Waals surface area contributed by atoms with Crippen LogP contribution in [0.2, 0.25) is 10.0 Å². The number of primary amides is 1. The zero-order valence-corrected chi connectivity index (χ0v) is 14.4. The van der Waals surface area contributed by atoms with Crippen molar-refractivity contribution in [3.63, 3.8) is 0 Å². The fourth-order valence-electron chi connectivity index (χ4n) is 2.22. The Morgan fingerprint density at radius 2 is 1.96 bits per heavy atom. The Morgan fingerprint density at radius 3 is 2.65 bits per heavy atom. The van der Waals surface area contributed by atoms with Crippen molar-refractivity contribution in [2.75, 3.05) is 0 Å². The monoisotopic (exact) mass is 398 g/mol. The lowest BCUT2D eigenvalue weighted by Crippen LogP contribution is -2.16. The number of rotatable bonds is 5. The molecule has 0 atom stereocenters. The number of halogens is 4. The maximum absolute atomic E-state index is 14.1. The fourth-order valence-corrected chi connectivity index (χ4v) is 2.72. The molecule has 1 heterocycles. The summed E-state index contributed by atoms with van der Waals surface area (Å²) in [7, 11) is 0. The van der Waals surface area contributed by atoms with Crippen LogP contribution in [0, 0.1) is 11.6 Å². The Hall–Kier alpha value is -2.64. The van der Waals surface area contributed by atoms with Gasteiger partial charge in [0.15, 0.2) is 17.3 Å². The standard InChI is InChI=1S/C17H10Cl2F2N2O3/c18-8-1-2-10(11(19)5-8)14-6-9(23-26-14)7-25-13-4-3-12(20)15(16(13)21)17(22)24/h1-6H,7H2,(H2,22,24). The van der Waals surface area contributed by atoms with Crippen LogP contribution in [0.25, 0.3) is 11.3 Å². The van der Waals surface area contributed by atoms with Crippen LogP contribution in [0.1, 0.15) is 16.1 Å². The van der Waals surface area contributed by atoms with E-state index in [0.29, 0.717) is 27.1 Å². The molecule has 26 heavy (non-hydrogen) atoms. The van der Waals surface area contributed by atoms with Gasteiger partial charge in [0.05, 0.1) is 5.02 Å². The van der Waals surface area contributed by atoms with Crippen molar-refractivity contribution in [2.45, 2.75) is 6.61 Å². The molecule has 0 bridgehead atoms. The zero-order valence-electron chi connectivity index (χ0n) is 12.9. The van der Waals surface area contributed by atoms with E-state index >= 15 is 0 Å². The summed E-state index contributed by atoms with van der Waals surface area (Å²) < 4.78 is 38.0. The van der Waals surface area contributed by atoms with Gasteiger partial charge in [-0.3, -0.25) is 4.79 Å². The molecule has 0 radical (unpaired) electrons. The largest absolute Gasteiger partial charge is 0.484 e. The average Bonchev–Trinajstić information content (AvgIpc) is 3.02. The third-order valence-electron chi connectivity index (χ3n) is 3.43. The quantitative estimate of drug-likeness (QED) is 0.680. The number of amides is 1. The summed E-state index contributed by atoms with van der Waals surface area (Å²) in [6.07, 6.45) is 0. The fraction of sp³-hybridized carbons (Fsp3) is 0.0588. The maximum Gasteiger partial charge on any atom is 0.254 e. The molecule has 0 saturated heterocycles. The van der Waals surface area contributed by atoms with Crippen molar-refractivity contribution in [1.82, 2.24) is 5.16 Å². The number of hydrogen-bond acceptors (Lipinski definition) is 4. The summed E-state index contributed by atoms with van der Waals surface area (Å²) in [5.74, 6) is -3.45. The molecule has 0 aliphatic rings. The van der Waals surface area contributed by atoms with Gasteiger partial charge in [-0.1, -0.05) is 28.4 Å². The van der Waals surface area contributed by atoms with Crippen LogP contribution in [0.3, 0.4) is 0 Å². The summed E-state index contributed by atoms with van der Waals surface area (Å²) in [5, 5.41) is 4.64. The van der Waals surface area contributed by atoms with Crippen molar-refractivity contribution >= 4 is 29.1 Å². The Balaban J connectivity index is 1.79. The van der Waals surface area contributed by atoms with E-state index in [0.717, 1.165) is 12.1 Å². The van der Waals surface area contributed by atoms with Crippen molar-refractivity contribution in [3.8, 4) is 17.1 Å². The summed E-state index contributed by atoms with van der Waals surface area (Å²) in [6, 6.07) is 8.34. The molecule has 3 aromatic rings. The lowest BCUT2D eigenvalue weighted by atomic mass is 10.1. The number of nitrogens with two attached hydrogens (primary N) is 1. The lowest BCUT2D eigenvalue weighted by Gasteiger charge is -2.08. The first-order chi connectivity index (χ1) is 12.4. The maximum atomic E-state index is 14.1. The topological polar surface area (TPSA) is 78.4 Å². The van der Waals surface area contributed by atoms with Gasteiger partial charge in [-0.05, 0) is 30.3 Å². The summed E-state index contributed by atoms with van der Waals surface area (Å²) in [6.45, 7) is -0.185. The van der Waals surface area contributed by atoms with E-state index in [-0.39, 0.29) is 12.4 Å². The molecule has 5 nitrogen and oxygen atoms in total. The number of carbonyl (C=O) groups excluding carboxylic acids is 1. The van der Waals surface area contributed by atoms with Crippen molar-refractivity contribution < 1.29 is 22.8 Å². The van der Waals surface area contributed by atoms with Gasteiger partial charge in [-0.15, -0.1) is 0 Å². The predicted octanol–water partition coefficient (Wildman–Crippen LogP) is 4.60. The molecular formula is C17H10Cl2F2N2O3. The van der Waals surface area contributed by atoms with Gasteiger partial charge in [0.25, 0.3) is 5.91 Å². The van der Waals surface area contributed by atoms with Gasteiger partial charge in [0.1, 0.15) is 23.7 Å². The van der Waals surface area contributed by atoms with Gasteiger partial charge < -0.3 is 15.0 Å². The molecule has 0 saturated carbocycles. The van der Waals surface area contributed by atoms with Crippen molar-refractivity contribution in [3.05, 3.63) is 69.3 Å². The van der Waals surface area contributed by atoms with Gasteiger partial charge in [0, 0.05) is 16.7 Å². The summed E-state index contributed by atoms with van der Waals surface area (Å²) >= 11 is 11.9. The summed E-state index contributed by atoms with van der Waals surface area (Å²) in [5.41, 5.74) is 4.99. The molecule has 1 amide bonds. The van der Waals surface area contributed by atoms with Gasteiger partial charge in [-0.25, -0.2) is 8.78 Å². The molecule has 0 aliphatic carbocycles. The Bertz CT molecular complexity index is 992. The minimum Gasteiger partial charge on any atom is -0.484 e. The van der Waals surface area contributed by atoms with E-state index in [2.05, 4.69) is 5.16 Å². The van der Waals surface area contributed by atoms with Crippen LogP contribution in [0.15, 0.2) is 40.9 Å². The molecule has 2 N–H and O–H groups in total. The normalized spacial score (nSPS) is 10.8. The van der Waals surface area contributed by atoms with Gasteiger partial charge >= 0.3 is 0 Å². The van der Waals surface area contributed by atoms with Gasteiger partial charge in [-0.2, -0.15) is 0 Å². The van der Waals surface area contributed by atoms with E-state index in [1.807, 2.05) is 0 Å². The van der Waals surface area contributed by atoms with E-state index in [4.69, 9.17) is 38.2 Å². The highest BCUT2D eigenvalue weighted by Gasteiger charge is 2.20. The number of nitrogens with zero attached hydrogens (tertiary/aromatic N) is 1. The number of ether oxygens (including phenoxy) is 1. The number of benzene rings is 2. The molecule has 134 valence electrons. The second kappa shape index (κ2) is 7.31. The van der Waals surface area contributed by atoms with Crippen LogP contribution < -0.4 is 10.5 Å². The van der Waals surface area contributed by atoms with Crippen LogP contribution in [-0.2, 0) is 6.61 Å². The predicted molar refractivity (Wildman–Crippen MR) is 91.2 cm³/mol. The number of carbonyl (C=O) groups is 1. The number of aromatic nitrogens is 1. The molecule has 3 rings (SSSR count).